The summed E-state index contributed by atoms with van der Waals surface area (Å²) in [4.78, 5) is 12.7. The van der Waals surface area contributed by atoms with Gasteiger partial charge in [0.2, 0.25) is 0 Å². The summed E-state index contributed by atoms with van der Waals surface area (Å²) in [7, 11) is 1.46. The van der Waals surface area contributed by atoms with Crippen LogP contribution in [-0.2, 0) is 17.6 Å². The van der Waals surface area contributed by atoms with Crippen LogP contribution in [0.1, 0.15) is 35.2 Å². The number of halogens is 3. The Hall–Kier alpha value is -4.25. The molecule has 3 rings (SSSR count). The van der Waals surface area contributed by atoms with Crippen LogP contribution in [-0.4, -0.2) is 13.0 Å². The van der Waals surface area contributed by atoms with E-state index in [0.29, 0.717) is 16.9 Å². The number of hydrogen-bond donors (Lipinski definition) is 1. The number of nitrogens with zero attached hydrogens (tertiary/aromatic N) is 1. The summed E-state index contributed by atoms with van der Waals surface area (Å²) in [6.07, 6.45) is -3.05. The van der Waals surface area contributed by atoms with Gasteiger partial charge in [-0.2, -0.15) is 18.4 Å². The summed E-state index contributed by atoms with van der Waals surface area (Å²) in [6, 6.07) is 20.5. The number of nitrogens with one attached hydrogen (secondary N) is 1. The number of amides is 1. The summed E-state index contributed by atoms with van der Waals surface area (Å²) >= 11 is 0. The minimum absolute atomic E-state index is 0.0508. The Morgan fingerprint density at radius 3 is 2.49 bits per heavy atom. The highest BCUT2D eigenvalue weighted by Crippen LogP contribution is 2.32. The van der Waals surface area contributed by atoms with Crippen LogP contribution in [0.2, 0.25) is 0 Å². The van der Waals surface area contributed by atoms with E-state index in [4.69, 9.17) is 9.47 Å². The van der Waals surface area contributed by atoms with Crippen LogP contribution in [0.25, 0.3) is 6.08 Å². The first-order valence-electron chi connectivity index (χ1n) is 10.7. The zero-order valence-electron chi connectivity index (χ0n) is 19.1. The van der Waals surface area contributed by atoms with Crippen molar-refractivity contribution in [3.05, 3.63) is 101 Å². The quantitative estimate of drug-likeness (QED) is 0.313. The summed E-state index contributed by atoms with van der Waals surface area (Å²) in [5, 5.41) is 12.3. The van der Waals surface area contributed by atoms with E-state index in [0.717, 1.165) is 17.7 Å². The lowest BCUT2D eigenvalue weighted by Crippen LogP contribution is -2.27. The Morgan fingerprint density at radius 2 is 1.83 bits per heavy atom. The molecule has 180 valence electrons. The van der Waals surface area contributed by atoms with Gasteiger partial charge in [0.15, 0.2) is 0 Å². The maximum atomic E-state index is 13.0. The van der Waals surface area contributed by atoms with E-state index in [1.807, 2.05) is 43.3 Å². The van der Waals surface area contributed by atoms with Crippen molar-refractivity contribution in [2.45, 2.75) is 25.7 Å². The van der Waals surface area contributed by atoms with E-state index >= 15 is 0 Å². The van der Waals surface area contributed by atoms with Gasteiger partial charge in [0, 0.05) is 5.56 Å². The zero-order chi connectivity index (χ0) is 25.4. The summed E-state index contributed by atoms with van der Waals surface area (Å²) in [5.41, 5.74) is 1.06. The molecule has 3 aromatic carbocycles. The molecule has 0 aromatic heterocycles. The number of benzene rings is 3. The van der Waals surface area contributed by atoms with Gasteiger partial charge < -0.3 is 14.8 Å². The molecule has 0 radical (unpaired) electrons. The topological polar surface area (TPSA) is 71.3 Å². The van der Waals surface area contributed by atoms with Crippen LogP contribution in [0.3, 0.4) is 0 Å². The van der Waals surface area contributed by atoms with Gasteiger partial charge in [-0.1, -0.05) is 42.5 Å². The van der Waals surface area contributed by atoms with Gasteiger partial charge in [-0.05, 0) is 54.5 Å². The van der Waals surface area contributed by atoms with E-state index in [1.54, 1.807) is 18.2 Å². The first-order chi connectivity index (χ1) is 16.7. The van der Waals surface area contributed by atoms with Gasteiger partial charge >= 0.3 is 6.18 Å². The molecular formula is C27H23F3N2O3. The molecule has 0 aliphatic carbocycles. The second-order valence-electron chi connectivity index (χ2n) is 7.66. The highest BCUT2D eigenvalue weighted by atomic mass is 19.4. The minimum atomic E-state index is -4.48. The molecule has 0 aliphatic rings. The highest BCUT2D eigenvalue weighted by molar-refractivity contribution is 6.01. The fourth-order valence-corrected chi connectivity index (χ4v) is 3.34. The number of carbonyl (C=O) groups is 1. The molecule has 3 aromatic rings. The molecule has 1 atom stereocenters. The molecule has 0 fully saturated rings. The molecule has 0 aliphatic heterocycles. The van der Waals surface area contributed by atoms with E-state index in [-0.39, 0.29) is 24.0 Å². The van der Waals surface area contributed by atoms with Crippen molar-refractivity contribution in [3.8, 4) is 17.6 Å². The van der Waals surface area contributed by atoms with Gasteiger partial charge in [-0.3, -0.25) is 4.79 Å². The number of methoxy groups -OCH3 is 1. The highest BCUT2D eigenvalue weighted by Gasteiger charge is 2.30. The SMILES string of the molecule is COc1ccc(/C=C(\C#N)C(=O)NC(C)c2ccccc2)cc1COc1cccc(C(F)(F)F)c1. The first kappa shape index (κ1) is 25.4. The van der Waals surface area contributed by atoms with Crippen molar-refractivity contribution in [2.75, 3.05) is 7.11 Å². The van der Waals surface area contributed by atoms with E-state index in [9.17, 15) is 23.2 Å². The molecule has 5 nitrogen and oxygen atoms in total. The number of ether oxygens (including phenoxy) is 2. The molecule has 1 unspecified atom stereocenters. The lowest BCUT2D eigenvalue weighted by atomic mass is 10.1. The van der Waals surface area contributed by atoms with E-state index in [2.05, 4.69) is 5.32 Å². The molecule has 0 spiro atoms. The van der Waals surface area contributed by atoms with Crippen molar-refractivity contribution in [1.82, 2.24) is 5.32 Å². The molecule has 0 heterocycles. The Kier molecular flexibility index (Phi) is 8.16. The molecular weight excluding hydrogens is 457 g/mol. The standard InChI is InChI=1S/C27H23F3N2O3/c1-18(20-7-4-3-5-8-20)32-26(33)21(16-31)13-19-11-12-25(34-2)22(14-19)17-35-24-10-6-9-23(15-24)27(28,29)30/h3-15,18H,17H2,1-2H3,(H,32,33)/b21-13+. The Morgan fingerprint density at radius 1 is 1.09 bits per heavy atom. The number of nitriles is 1. The maximum Gasteiger partial charge on any atom is 0.416 e. The number of hydrogen-bond acceptors (Lipinski definition) is 4. The molecule has 0 saturated heterocycles. The van der Waals surface area contributed by atoms with Gasteiger partial charge in [0.25, 0.3) is 5.91 Å². The second-order valence-corrected chi connectivity index (χ2v) is 7.66. The van der Waals surface area contributed by atoms with Gasteiger partial charge in [-0.25, -0.2) is 0 Å². The van der Waals surface area contributed by atoms with Crippen LogP contribution in [0, 0.1) is 11.3 Å². The molecule has 0 bridgehead atoms. The Labute approximate surface area is 201 Å². The molecule has 35 heavy (non-hydrogen) atoms. The number of alkyl halides is 3. The van der Waals surface area contributed by atoms with E-state index in [1.165, 1.54) is 25.3 Å². The normalized spacial score (nSPS) is 12.4. The third-order valence-corrected chi connectivity index (χ3v) is 5.18. The average molecular weight is 480 g/mol. The summed E-state index contributed by atoms with van der Waals surface area (Å²) < 4.78 is 49.8. The summed E-state index contributed by atoms with van der Waals surface area (Å²) in [5.74, 6) is -0.0222. The lowest BCUT2D eigenvalue weighted by molar-refractivity contribution is -0.137. The second kappa shape index (κ2) is 11.3. The largest absolute Gasteiger partial charge is 0.496 e. The lowest BCUT2D eigenvalue weighted by Gasteiger charge is -2.14. The van der Waals surface area contributed by atoms with Gasteiger partial charge in [0.05, 0.1) is 18.7 Å². The molecule has 1 amide bonds. The van der Waals surface area contributed by atoms with Gasteiger partial charge in [-0.15, -0.1) is 0 Å². The monoisotopic (exact) mass is 480 g/mol. The van der Waals surface area contributed by atoms with Crippen molar-refractivity contribution in [1.29, 1.82) is 5.26 Å². The average Bonchev–Trinajstić information content (AvgIpc) is 2.86. The number of rotatable bonds is 8. The predicted molar refractivity (Wildman–Crippen MR) is 125 cm³/mol. The van der Waals surface area contributed by atoms with Crippen molar-refractivity contribution in [2.24, 2.45) is 0 Å². The fraction of sp³-hybridized carbons (Fsp3) is 0.185. The van der Waals surface area contributed by atoms with Crippen LogP contribution in [0.5, 0.6) is 11.5 Å². The fourth-order valence-electron chi connectivity index (χ4n) is 3.34. The maximum absolute atomic E-state index is 13.0. The first-order valence-corrected chi connectivity index (χ1v) is 10.7. The minimum Gasteiger partial charge on any atom is -0.496 e. The summed E-state index contributed by atoms with van der Waals surface area (Å²) in [6.45, 7) is 1.74. The van der Waals surface area contributed by atoms with Crippen molar-refractivity contribution >= 4 is 12.0 Å². The van der Waals surface area contributed by atoms with Crippen molar-refractivity contribution in [3.63, 3.8) is 0 Å². The van der Waals surface area contributed by atoms with E-state index < -0.39 is 17.6 Å². The third kappa shape index (κ3) is 6.87. The van der Waals surface area contributed by atoms with Crippen molar-refractivity contribution < 1.29 is 27.4 Å². The number of carbonyl (C=O) groups excluding carboxylic acids is 1. The molecule has 1 N–H and O–H groups in total. The Bertz CT molecular complexity index is 1250. The smallest absolute Gasteiger partial charge is 0.416 e. The van der Waals surface area contributed by atoms with Gasteiger partial charge in [0.1, 0.15) is 29.7 Å². The predicted octanol–water partition coefficient (Wildman–Crippen LogP) is 6.08. The zero-order valence-corrected chi connectivity index (χ0v) is 19.1. The van der Waals surface area contributed by atoms with Crippen LogP contribution >= 0.6 is 0 Å². The van der Waals surface area contributed by atoms with Crippen LogP contribution < -0.4 is 14.8 Å². The Balaban J connectivity index is 1.78. The van der Waals surface area contributed by atoms with Crippen LogP contribution in [0.4, 0.5) is 13.2 Å². The third-order valence-electron chi connectivity index (χ3n) is 5.18. The molecule has 0 saturated carbocycles. The molecule has 8 heteroatoms. The van der Waals surface area contributed by atoms with Crippen LogP contribution in [0.15, 0.2) is 78.4 Å².